The largest absolute Gasteiger partial charge is 0.497 e. The SMILES string of the molecule is COC(=O)[C@@H](C)N(c1ccc(OC)cc1)S(C)(=O)=O. The Bertz CT molecular complexity index is 538. The van der Waals surface area contributed by atoms with Crippen LogP contribution >= 0.6 is 0 Å². The smallest absolute Gasteiger partial charge is 0.329 e. The van der Waals surface area contributed by atoms with Crippen LogP contribution in [-0.2, 0) is 19.6 Å². The van der Waals surface area contributed by atoms with Gasteiger partial charge in [-0.15, -0.1) is 0 Å². The van der Waals surface area contributed by atoms with Gasteiger partial charge < -0.3 is 9.47 Å². The Morgan fingerprint density at radius 1 is 1.21 bits per heavy atom. The number of benzene rings is 1. The average molecular weight is 287 g/mol. The molecule has 6 nitrogen and oxygen atoms in total. The molecule has 0 aliphatic carbocycles. The Labute approximate surface area is 113 Å². The van der Waals surface area contributed by atoms with Crippen LogP contribution in [0.2, 0.25) is 0 Å². The van der Waals surface area contributed by atoms with Crippen LogP contribution < -0.4 is 9.04 Å². The molecule has 19 heavy (non-hydrogen) atoms. The van der Waals surface area contributed by atoms with Crippen LogP contribution in [0.25, 0.3) is 0 Å². The van der Waals surface area contributed by atoms with Crippen molar-refractivity contribution in [2.24, 2.45) is 0 Å². The number of methoxy groups -OCH3 is 2. The van der Waals surface area contributed by atoms with Gasteiger partial charge in [-0.3, -0.25) is 4.31 Å². The number of hydrogen-bond donors (Lipinski definition) is 0. The molecule has 1 rings (SSSR count). The van der Waals surface area contributed by atoms with E-state index in [9.17, 15) is 13.2 Å². The van der Waals surface area contributed by atoms with Gasteiger partial charge >= 0.3 is 5.97 Å². The molecule has 1 aromatic rings. The molecule has 106 valence electrons. The number of carbonyl (C=O) groups excluding carboxylic acids is 1. The number of rotatable bonds is 5. The quantitative estimate of drug-likeness (QED) is 0.756. The van der Waals surface area contributed by atoms with Gasteiger partial charge in [0, 0.05) is 0 Å². The Hall–Kier alpha value is -1.76. The molecular formula is C12H17NO5S. The second kappa shape index (κ2) is 5.92. The topological polar surface area (TPSA) is 72.9 Å². The van der Waals surface area contributed by atoms with Crippen molar-refractivity contribution in [2.75, 3.05) is 24.8 Å². The van der Waals surface area contributed by atoms with E-state index in [0.717, 1.165) is 10.6 Å². The highest BCUT2D eigenvalue weighted by Crippen LogP contribution is 2.23. The molecule has 7 heteroatoms. The van der Waals surface area contributed by atoms with Gasteiger partial charge in [0.25, 0.3) is 0 Å². The fourth-order valence-electron chi connectivity index (χ4n) is 1.70. The fraction of sp³-hybridized carbons (Fsp3) is 0.417. The van der Waals surface area contributed by atoms with Gasteiger partial charge in [0.15, 0.2) is 0 Å². The van der Waals surface area contributed by atoms with Crippen molar-refractivity contribution < 1.29 is 22.7 Å². The lowest BCUT2D eigenvalue weighted by Gasteiger charge is -2.27. The monoisotopic (exact) mass is 287 g/mol. The van der Waals surface area contributed by atoms with Gasteiger partial charge in [0.05, 0.1) is 26.2 Å². The molecule has 0 saturated heterocycles. The summed E-state index contributed by atoms with van der Waals surface area (Å²) in [5, 5.41) is 0. The summed E-state index contributed by atoms with van der Waals surface area (Å²) < 4.78 is 34.3. The molecule has 0 unspecified atom stereocenters. The predicted molar refractivity (Wildman–Crippen MR) is 71.8 cm³/mol. The summed E-state index contributed by atoms with van der Waals surface area (Å²) in [6.45, 7) is 1.47. The number of anilines is 1. The predicted octanol–water partition coefficient (Wildman–Crippen LogP) is 1.02. The number of sulfonamides is 1. The van der Waals surface area contributed by atoms with Crippen molar-refractivity contribution in [3.8, 4) is 5.75 Å². The lowest BCUT2D eigenvalue weighted by Crippen LogP contribution is -2.43. The number of hydrogen-bond acceptors (Lipinski definition) is 5. The van der Waals surface area contributed by atoms with Crippen molar-refractivity contribution in [1.29, 1.82) is 0 Å². The molecule has 1 atom stereocenters. The molecule has 1 aromatic carbocycles. The van der Waals surface area contributed by atoms with E-state index < -0.39 is 22.0 Å². The van der Waals surface area contributed by atoms with E-state index in [2.05, 4.69) is 4.74 Å². The normalized spacial score (nSPS) is 12.6. The molecule has 0 aromatic heterocycles. The van der Waals surface area contributed by atoms with E-state index in [1.165, 1.54) is 21.1 Å². The first kappa shape index (κ1) is 15.3. The molecule has 0 aliphatic heterocycles. The first-order chi connectivity index (χ1) is 8.81. The number of carbonyl (C=O) groups is 1. The number of esters is 1. The van der Waals surface area contributed by atoms with Gasteiger partial charge in [0.2, 0.25) is 10.0 Å². The van der Waals surface area contributed by atoms with Gasteiger partial charge in [-0.1, -0.05) is 0 Å². The Kier molecular flexibility index (Phi) is 4.77. The molecular weight excluding hydrogens is 270 g/mol. The highest BCUT2D eigenvalue weighted by Gasteiger charge is 2.29. The third kappa shape index (κ3) is 3.60. The van der Waals surface area contributed by atoms with Gasteiger partial charge in [-0.05, 0) is 31.2 Å². The van der Waals surface area contributed by atoms with Gasteiger partial charge in [0.1, 0.15) is 11.8 Å². The van der Waals surface area contributed by atoms with Crippen molar-refractivity contribution in [2.45, 2.75) is 13.0 Å². The summed E-state index contributed by atoms with van der Waals surface area (Å²) in [5.41, 5.74) is 0.376. The summed E-state index contributed by atoms with van der Waals surface area (Å²) in [5.74, 6) is -0.0239. The molecule has 0 bridgehead atoms. The first-order valence-electron chi connectivity index (χ1n) is 5.52. The lowest BCUT2D eigenvalue weighted by atomic mass is 10.2. The Balaban J connectivity index is 3.21. The second-order valence-electron chi connectivity index (χ2n) is 3.96. The van der Waals surface area contributed by atoms with Crippen LogP contribution in [0.1, 0.15) is 6.92 Å². The number of ether oxygens (including phenoxy) is 2. The molecule has 0 aliphatic rings. The van der Waals surface area contributed by atoms with Crippen molar-refractivity contribution >= 4 is 21.7 Å². The summed E-state index contributed by atoms with van der Waals surface area (Å²) in [6.07, 6.45) is 1.04. The summed E-state index contributed by atoms with van der Waals surface area (Å²) in [7, 11) is -0.870. The molecule has 0 saturated carbocycles. The minimum absolute atomic E-state index is 0.376. The summed E-state index contributed by atoms with van der Waals surface area (Å²) in [4.78, 5) is 11.5. The van der Waals surface area contributed by atoms with E-state index in [4.69, 9.17) is 4.74 Å². The van der Waals surface area contributed by atoms with E-state index in [1.807, 2.05) is 0 Å². The second-order valence-corrected chi connectivity index (χ2v) is 5.82. The summed E-state index contributed by atoms with van der Waals surface area (Å²) in [6, 6.07) is 5.45. The van der Waals surface area contributed by atoms with Crippen molar-refractivity contribution in [1.82, 2.24) is 0 Å². The van der Waals surface area contributed by atoms with Crippen LogP contribution in [0.5, 0.6) is 5.75 Å². The molecule has 0 spiro atoms. The number of nitrogens with zero attached hydrogens (tertiary/aromatic N) is 1. The van der Waals surface area contributed by atoms with Crippen LogP contribution in [0.3, 0.4) is 0 Å². The third-order valence-electron chi connectivity index (χ3n) is 2.58. The van der Waals surface area contributed by atoms with Gasteiger partial charge in [-0.25, -0.2) is 13.2 Å². The summed E-state index contributed by atoms with van der Waals surface area (Å²) >= 11 is 0. The zero-order valence-corrected chi connectivity index (χ0v) is 12.1. The van der Waals surface area contributed by atoms with E-state index in [-0.39, 0.29) is 0 Å². The fourth-order valence-corrected chi connectivity index (χ4v) is 2.86. The van der Waals surface area contributed by atoms with Crippen LogP contribution in [0.4, 0.5) is 5.69 Å². The Morgan fingerprint density at radius 2 is 1.74 bits per heavy atom. The first-order valence-corrected chi connectivity index (χ1v) is 7.37. The van der Waals surface area contributed by atoms with Crippen LogP contribution in [0.15, 0.2) is 24.3 Å². The van der Waals surface area contributed by atoms with Crippen molar-refractivity contribution in [3.63, 3.8) is 0 Å². The van der Waals surface area contributed by atoms with E-state index >= 15 is 0 Å². The lowest BCUT2D eigenvalue weighted by molar-refractivity contribution is -0.141. The van der Waals surface area contributed by atoms with Gasteiger partial charge in [-0.2, -0.15) is 0 Å². The zero-order chi connectivity index (χ0) is 14.6. The highest BCUT2D eigenvalue weighted by molar-refractivity contribution is 7.92. The van der Waals surface area contributed by atoms with Crippen molar-refractivity contribution in [3.05, 3.63) is 24.3 Å². The molecule has 0 amide bonds. The maximum atomic E-state index is 11.8. The maximum Gasteiger partial charge on any atom is 0.329 e. The standard InChI is InChI=1S/C12H17NO5S/c1-9(12(14)18-3)13(19(4,15)16)10-5-7-11(17-2)8-6-10/h5-9H,1-4H3/t9-/m1/s1. The third-order valence-corrected chi connectivity index (χ3v) is 3.82. The zero-order valence-electron chi connectivity index (χ0n) is 11.3. The van der Waals surface area contributed by atoms with E-state index in [0.29, 0.717) is 11.4 Å². The van der Waals surface area contributed by atoms with Crippen LogP contribution in [0, 0.1) is 0 Å². The maximum absolute atomic E-state index is 11.8. The molecule has 0 N–H and O–H groups in total. The molecule has 0 radical (unpaired) electrons. The van der Waals surface area contributed by atoms with Crippen LogP contribution in [-0.4, -0.2) is 40.9 Å². The molecule has 0 fully saturated rings. The average Bonchev–Trinajstić information content (AvgIpc) is 2.37. The van der Waals surface area contributed by atoms with E-state index in [1.54, 1.807) is 24.3 Å². The Morgan fingerprint density at radius 3 is 2.11 bits per heavy atom. The minimum Gasteiger partial charge on any atom is -0.497 e. The highest BCUT2D eigenvalue weighted by atomic mass is 32.2. The molecule has 0 heterocycles. The minimum atomic E-state index is -3.60.